The fraction of sp³-hybridized carbons (Fsp3) is 0.312. The molecule has 2 amide bonds. The maximum Gasteiger partial charge on any atom is 0.413 e. The second-order valence-corrected chi connectivity index (χ2v) is 7.98. The molecule has 0 saturated heterocycles. The predicted octanol–water partition coefficient (Wildman–Crippen LogP) is 5.36. The minimum absolute atomic E-state index is 0.277. The number of carbonyl (C=O) groups excluding carboxylic acids is 2. The first-order valence-electron chi connectivity index (χ1n) is 7.29. The lowest BCUT2D eigenvalue weighted by Crippen LogP contribution is -2.27. The van der Waals surface area contributed by atoms with Crippen molar-refractivity contribution in [3.05, 3.63) is 38.8 Å². The Morgan fingerprint density at radius 2 is 1.88 bits per heavy atom. The van der Waals surface area contributed by atoms with Crippen molar-refractivity contribution >= 4 is 57.4 Å². The number of nitrogens with one attached hydrogen (secondary N) is 2. The summed E-state index contributed by atoms with van der Waals surface area (Å²) in [6.45, 7) is 6.95. The molecule has 2 rings (SSSR count). The first-order valence-corrected chi connectivity index (χ1v) is 8.86. The zero-order valence-electron chi connectivity index (χ0n) is 14.1. The lowest BCUT2D eigenvalue weighted by Gasteiger charge is -2.18. The van der Waals surface area contributed by atoms with Crippen LogP contribution in [-0.2, 0) is 4.74 Å². The van der Waals surface area contributed by atoms with Gasteiger partial charge in [-0.3, -0.25) is 10.1 Å². The van der Waals surface area contributed by atoms with Gasteiger partial charge in [0, 0.05) is 5.02 Å². The molecule has 0 radical (unpaired) electrons. The summed E-state index contributed by atoms with van der Waals surface area (Å²) < 4.78 is 5.16. The number of carbonyl (C=O) groups is 2. The van der Waals surface area contributed by atoms with Crippen LogP contribution in [0.1, 0.15) is 36.1 Å². The van der Waals surface area contributed by atoms with Gasteiger partial charge in [0.2, 0.25) is 0 Å². The van der Waals surface area contributed by atoms with Crippen molar-refractivity contribution < 1.29 is 14.3 Å². The standard InChI is InChI=1S/C16H17Cl2N3O3S/c1-8-12(13(22)20-11-6-5-9(17)7-10(11)18)25-14(19-8)21-15(23)24-16(2,3)4/h5-7H,1-4H3,(H,20,22)(H,19,21,23). The van der Waals surface area contributed by atoms with Crippen LogP contribution in [0.3, 0.4) is 0 Å². The summed E-state index contributed by atoms with van der Waals surface area (Å²) in [5, 5.41) is 6.30. The van der Waals surface area contributed by atoms with Gasteiger partial charge in [-0.2, -0.15) is 0 Å². The van der Waals surface area contributed by atoms with Crippen molar-refractivity contribution in [2.75, 3.05) is 10.6 Å². The maximum absolute atomic E-state index is 12.4. The van der Waals surface area contributed by atoms with E-state index in [4.69, 9.17) is 27.9 Å². The van der Waals surface area contributed by atoms with E-state index in [1.54, 1.807) is 39.8 Å². The number of nitrogens with zero attached hydrogens (tertiary/aromatic N) is 1. The third kappa shape index (κ3) is 5.59. The molecule has 1 aromatic heterocycles. The van der Waals surface area contributed by atoms with Gasteiger partial charge in [0.05, 0.1) is 16.4 Å². The number of amides is 2. The van der Waals surface area contributed by atoms with E-state index in [0.717, 1.165) is 11.3 Å². The SMILES string of the molecule is Cc1nc(NC(=O)OC(C)(C)C)sc1C(=O)Nc1ccc(Cl)cc1Cl. The lowest BCUT2D eigenvalue weighted by atomic mass is 10.2. The number of hydrogen-bond acceptors (Lipinski definition) is 5. The number of rotatable bonds is 3. The van der Waals surface area contributed by atoms with Crippen LogP contribution < -0.4 is 10.6 Å². The fourth-order valence-electron chi connectivity index (χ4n) is 1.82. The fourth-order valence-corrected chi connectivity index (χ4v) is 3.12. The molecule has 2 N–H and O–H groups in total. The van der Waals surface area contributed by atoms with Crippen molar-refractivity contribution in [3.63, 3.8) is 0 Å². The van der Waals surface area contributed by atoms with Crippen molar-refractivity contribution in [3.8, 4) is 0 Å². The predicted molar refractivity (Wildman–Crippen MR) is 101 cm³/mol. The molecule has 0 bridgehead atoms. The Morgan fingerprint density at radius 1 is 1.20 bits per heavy atom. The van der Waals surface area contributed by atoms with Crippen molar-refractivity contribution in [1.82, 2.24) is 4.98 Å². The van der Waals surface area contributed by atoms with Crippen LogP contribution >= 0.6 is 34.5 Å². The summed E-state index contributed by atoms with van der Waals surface area (Å²) in [6.07, 6.45) is -0.631. The Bertz CT molecular complexity index is 815. The highest BCUT2D eigenvalue weighted by molar-refractivity contribution is 7.17. The van der Waals surface area contributed by atoms with E-state index in [1.807, 2.05) is 0 Å². The van der Waals surface area contributed by atoms with Crippen LogP contribution in [0.15, 0.2) is 18.2 Å². The molecule has 0 spiro atoms. The number of aromatic nitrogens is 1. The van der Waals surface area contributed by atoms with Gasteiger partial charge >= 0.3 is 6.09 Å². The molecule has 1 heterocycles. The van der Waals surface area contributed by atoms with E-state index in [-0.39, 0.29) is 11.0 Å². The minimum atomic E-state index is -0.631. The third-order valence-electron chi connectivity index (χ3n) is 2.79. The average Bonchev–Trinajstić information content (AvgIpc) is 2.80. The Hall–Kier alpha value is -1.83. The molecule has 0 aliphatic carbocycles. The summed E-state index contributed by atoms with van der Waals surface area (Å²) in [5.74, 6) is -0.378. The lowest BCUT2D eigenvalue weighted by molar-refractivity contribution is 0.0635. The molecule has 1 aromatic carbocycles. The molecule has 134 valence electrons. The molecule has 9 heteroatoms. The zero-order chi connectivity index (χ0) is 18.8. The molecule has 0 saturated carbocycles. The Balaban J connectivity index is 2.11. The zero-order valence-corrected chi connectivity index (χ0v) is 16.4. The summed E-state index contributed by atoms with van der Waals surface area (Å²) in [5.41, 5.74) is 0.297. The number of halogens is 2. The molecule has 0 aliphatic rings. The smallest absolute Gasteiger partial charge is 0.413 e. The Labute approximate surface area is 159 Å². The van der Waals surface area contributed by atoms with Crippen molar-refractivity contribution in [1.29, 1.82) is 0 Å². The van der Waals surface area contributed by atoms with E-state index >= 15 is 0 Å². The topological polar surface area (TPSA) is 80.3 Å². The molecular formula is C16H17Cl2N3O3S. The Morgan fingerprint density at radius 3 is 2.48 bits per heavy atom. The largest absolute Gasteiger partial charge is 0.444 e. The number of benzene rings is 1. The second kappa shape index (κ2) is 7.59. The second-order valence-electron chi connectivity index (χ2n) is 6.14. The maximum atomic E-state index is 12.4. The number of hydrogen-bond donors (Lipinski definition) is 2. The number of aryl methyl sites for hydroxylation is 1. The molecule has 0 unspecified atom stereocenters. The monoisotopic (exact) mass is 401 g/mol. The van der Waals surface area contributed by atoms with Gasteiger partial charge < -0.3 is 10.1 Å². The van der Waals surface area contributed by atoms with Gasteiger partial charge in [0.1, 0.15) is 10.5 Å². The third-order valence-corrected chi connectivity index (χ3v) is 4.41. The van der Waals surface area contributed by atoms with Crippen LogP contribution in [0.2, 0.25) is 10.0 Å². The van der Waals surface area contributed by atoms with Gasteiger partial charge in [0.15, 0.2) is 5.13 Å². The highest BCUT2D eigenvalue weighted by Gasteiger charge is 2.20. The Kier molecular flexibility index (Phi) is 5.92. The van der Waals surface area contributed by atoms with Crippen LogP contribution in [0.25, 0.3) is 0 Å². The van der Waals surface area contributed by atoms with E-state index in [1.165, 1.54) is 6.07 Å². The van der Waals surface area contributed by atoms with E-state index in [9.17, 15) is 9.59 Å². The molecule has 2 aromatic rings. The number of ether oxygens (including phenoxy) is 1. The summed E-state index contributed by atoms with van der Waals surface area (Å²) in [6, 6.07) is 4.77. The molecule has 0 atom stereocenters. The molecule has 25 heavy (non-hydrogen) atoms. The average molecular weight is 402 g/mol. The van der Waals surface area contributed by atoms with Gasteiger partial charge in [-0.1, -0.05) is 34.5 Å². The number of thiazole rings is 1. The van der Waals surface area contributed by atoms with Crippen LogP contribution in [-0.4, -0.2) is 22.6 Å². The van der Waals surface area contributed by atoms with E-state index < -0.39 is 11.7 Å². The van der Waals surface area contributed by atoms with Crippen LogP contribution in [0, 0.1) is 6.92 Å². The first-order chi connectivity index (χ1) is 11.5. The minimum Gasteiger partial charge on any atom is -0.444 e. The van der Waals surface area contributed by atoms with E-state index in [2.05, 4.69) is 15.6 Å². The number of anilines is 2. The van der Waals surface area contributed by atoms with Gasteiger partial charge in [-0.25, -0.2) is 9.78 Å². The molecule has 6 nitrogen and oxygen atoms in total. The van der Waals surface area contributed by atoms with Crippen LogP contribution in [0.5, 0.6) is 0 Å². The molecule has 0 fully saturated rings. The van der Waals surface area contributed by atoms with Gasteiger partial charge in [-0.15, -0.1) is 0 Å². The quantitative estimate of drug-likeness (QED) is 0.725. The van der Waals surface area contributed by atoms with Gasteiger partial charge in [-0.05, 0) is 45.9 Å². The normalized spacial score (nSPS) is 11.1. The highest BCUT2D eigenvalue weighted by Crippen LogP contribution is 2.28. The van der Waals surface area contributed by atoms with E-state index in [0.29, 0.717) is 26.3 Å². The van der Waals surface area contributed by atoms with Gasteiger partial charge in [0.25, 0.3) is 5.91 Å². The first kappa shape index (κ1) is 19.5. The van der Waals surface area contributed by atoms with Crippen molar-refractivity contribution in [2.45, 2.75) is 33.3 Å². The summed E-state index contributed by atoms with van der Waals surface area (Å²) in [7, 11) is 0. The van der Waals surface area contributed by atoms with Crippen LogP contribution in [0.4, 0.5) is 15.6 Å². The summed E-state index contributed by atoms with van der Waals surface area (Å²) >= 11 is 12.9. The molecule has 0 aliphatic heterocycles. The molecular weight excluding hydrogens is 385 g/mol. The van der Waals surface area contributed by atoms with Crippen molar-refractivity contribution in [2.24, 2.45) is 0 Å². The highest BCUT2D eigenvalue weighted by atomic mass is 35.5. The summed E-state index contributed by atoms with van der Waals surface area (Å²) in [4.78, 5) is 28.7.